The van der Waals surface area contributed by atoms with Gasteiger partial charge in [0.1, 0.15) is 5.75 Å². The van der Waals surface area contributed by atoms with Crippen LogP contribution < -0.4 is 15.9 Å². The summed E-state index contributed by atoms with van der Waals surface area (Å²) in [5.41, 5.74) is 3.14. The van der Waals surface area contributed by atoms with Gasteiger partial charge in [0.25, 0.3) is 11.1 Å². The predicted octanol–water partition coefficient (Wildman–Crippen LogP) is 3.91. The minimum atomic E-state index is -0.239. The van der Waals surface area contributed by atoms with Gasteiger partial charge in [-0.15, -0.1) is 0 Å². The fourth-order valence-corrected chi connectivity index (χ4v) is 4.02. The fourth-order valence-electron chi connectivity index (χ4n) is 4.02. The fraction of sp³-hybridized carbons (Fsp3) is 0.148. The van der Waals surface area contributed by atoms with E-state index in [9.17, 15) is 9.59 Å². The summed E-state index contributed by atoms with van der Waals surface area (Å²) in [5.74, 6) is 0.703. The molecular weight excluding hydrogens is 428 g/mol. The maximum Gasteiger partial charge on any atom is 0.276 e. The number of nitrogens with one attached hydrogen (secondary N) is 1. The Bertz CT molecular complexity index is 1490. The van der Waals surface area contributed by atoms with Gasteiger partial charge in [-0.1, -0.05) is 55.1 Å². The van der Waals surface area contributed by atoms with E-state index >= 15 is 0 Å². The smallest absolute Gasteiger partial charge is 0.276 e. The molecule has 1 N–H and O–H groups in total. The number of benzene rings is 2. The molecule has 0 aliphatic carbocycles. The summed E-state index contributed by atoms with van der Waals surface area (Å²) in [4.78, 5) is 30.8. The van der Waals surface area contributed by atoms with E-state index in [4.69, 9.17) is 4.74 Å². The highest BCUT2D eigenvalue weighted by Crippen LogP contribution is 2.21. The summed E-state index contributed by atoms with van der Waals surface area (Å²) in [6.45, 7) is 7.85. The molecule has 0 saturated heterocycles. The first kappa shape index (κ1) is 22.8. The average molecular weight is 455 g/mol. The van der Waals surface area contributed by atoms with Crippen LogP contribution in [0.5, 0.6) is 5.75 Å². The Kier molecular flexibility index (Phi) is 6.73. The standard InChI is InChI=1S/C27H26N4O3/c1-4-9-21(28-2)18-30-24(15-20-12-8-13-22(14-20)34-3)26-23(16-25(30)32)29-31(27(26)33)17-19-10-6-5-7-11-19/h4-14,16,29H,1-2,15,17-18H2,3H3/b21-9-. The minimum absolute atomic E-state index is 0.174. The topological polar surface area (TPSA) is 81.4 Å². The summed E-state index contributed by atoms with van der Waals surface area (Å²) in [7, 11) is 1.60. The van der Waals surface area contributed by atoms with Gasteiger partial charge in [-0.3, -0.25) is 19.7 Å². The van der Waals surface area contributed by atoms with Crippen LogP contribution in [0, 0.1) is 0 Å². The van der Waals surface area contributed by atoms with Crippen LogP contribution in [-0.2, 0) is 19.5 Å². The van der Waals surface area contributed by atoms with E-state index in [0.29, 0.717) is 41.0 Å². The van der Waals surface area contributed by atoms with Crippen LogP contribution in [0.4, 0.5) is 0 Å². The second-order valence-corrected chi connectivity index (χ2v) is 7.87. The van der Waals surface area contributed by atoms with Crippen molar-refractivity contribution < 1.29 is 4.74 Å². The molecule has 0 radical (unpaired) electrons. The molecule has 4 rings (SSSR count). The monoisotopic (exact) mass is 454 g/mol. The molecule has 2 aromatic heterocycles. The Hall–Kier alpha value is -4.39. The zero-order valence-corrected chi connectivity index (χ0v) is 19.0. The SMILES string of the molecule is C=C/C=C(/Cn1c(Cc2cccc(OC)c2)c2c(=O)n(Cc3ccccc3)[nH]c2cc1=O)N=C. The lowest BCUT2D eigenvalue weighted by Crippen LogP contribution is -2.26. The van der Waals surface area contributed by atoms with Crippen LogP contribution >= 0.6 is 0 Å². The average Bonchev–Trinajstić information content (AvgIpc) is 3.15. The van der Waals surface area contributed by atoms with E-state index in [2.05, 4.69) is 23.4 Å². The molecule has 0 aliphatic rings. The van der Waals surface area contributed by atoms with Gasteiger partial charge in [-0.25, -0.2) is 4.68 Å². The van der Waals surface area contributed by atoms with Crippen LogP contribution in [0.3, 0.4) is 0 Å². The third kappa shape index (κ3) is 4.68. The van der Waals surface area contributed by atoms with Gasteiger partial charge in [0.15, 0.2) is 0 Å². The molecule has 172 valence electrons. The number of hydrogen-bond acceptors (Lipinski definition) is 4. The number of ether oxygens (including phenoxy) is 1. The molecule has 2 heterocycles. The van der Waals surface area contributed by atoms with E-state index in [-0.39, 0.29) is 17.7 Å². The van der Waals surface area contributed by atoms with Gasteiger partial charge in [-0.05, 0) is 36.1 Å². The number of aliphatic imine (C=N–C) groups is 1. The number of methoxy groups -OCH3 is 1. The summed E-state index contributed by atoms with van der Waals surface area (Å²) < 4.78 is 8.47. The Balaban J connectivity index is 1.91. The first-order chi connectivity index (χ1) is 16.5. The van der Waals surface area contributed by atoms with Crippen molar-refractivity contribution in [1.82, 2.24) is 14.3 Å². The van der Waals surface area contributed by atoms with Gasteiger partial charge in [0.2, 0.25) is 0 Å². The lowest BCUT2D eigenvalue weighted by Gasteiger charge is -2.14. The molecule has 4 aromatic rings. The summed E-state index contributed by atoms with van der Waals surface area (Å²) in [6.07, 6.45) is 3.66. The maximum absolute atomic E-state index is 13.5. The Labute approximate surface area is 197 Å². The van der Waals surface area contributed by atoms with Crippen LogP contribution in [0.15, 0.2) is 99.7 Å². The van der Waals surface area contributed by atoms with E-state index in [1.54, 1.807) is 23.8 Å². The number of aromatic amines is 1. The molecule has 2 aromatic carbocycles. The van der Waals surface area contributed by atoms with E-state index in [1.165, 1.54) is 10.7 Å². The molecule has 7 heteroatoms. The number of rotatable bonds is 9. The van der Waals surface area contributed by atoms with Crippen LogP contribution in [-0.4, -0.2) is 28.2 Å². The summed E-state index contributed by atoms with van der Waals surface area (Å²) >= 11 is 0. The maximum atomic E-state index is 13.5. The van der Waals surface area contributed by atoms with E-state index in [0.717, 1.165) is 11.1 Å². The number of fused-ring (bicyclic) bond motifs is 1. The molecule has 0 atom stereocenters. The molecule has 7 nitrogen and oxygen atoms in total. The number of aromatic nitrogens is 3. The van der Waals surface area contributed by atoms with Gasteiger partial charge < -0.3 is 9.30 Å². The second kappa shape index (κ2) is 10.0. The number of allylic oxidation sites excluding steroid dienone is 3. The van der Waals surface area contributed by atoms with Crippen molar-refractivity contribution in [2.45, 2.75) is 19.5 Å². The summed E-state index contributed by atoms with van der Waals surface area (Å²) in [5, 5.41) is 3.59. The number of H-pyrrole nitrogens is 1. The van der Waals surface area contributed by atoms with Crippen LogP contribution in [0.2, 0.25) is 0 Å². The van der Waals surface area contributed by atoms with Crippen molar-refractivity contribution in [3.8, 4) is 5.75 Å². The first-order valence-corrected chi connectivity index (χ1v) is 10.8. The highest BCUT2D eigenvalue weighted by atomic mass is 16.5. The minimum Gasteiger partial charge on any atom is -0.497 e. The van der Waals surface area contributed by atoms with Crippen molar-refractivity contribution in [3.63, 3.8) is 0 Å². The highest BCUT2D eigenvalue weighted by molar-refractivity contribution is 5.80. The summed E-state index contributed by atoms with van der Waals surface area (Å²) in [6, 6.07) is 18.7. The zero-order valence-electron chi connectivity index (χ0n) is 19.0. The molecule has 0 aliphatic heterocycles. The molecule has 0 saturated carbocycles. The second-order valence-electron chi connectivity index (χ2n) is 7.87. The van der Waals surface area contributed by atoms with Crippen molar-refractivity contribution in [1.29, 1.82) is 0 Å². The lowest BCUT2D eigenvalue weighted by molar-refractivity contribution is 0.414. The number of hydrogen-bond donors (Lipinski definition) is 1. The quantitative estimate of drug-likeness (QED) is 0.308. The molecule has 0 bridgehead atoms. The normalized spacial score (nSPS) is 11.5. The van der Waals surface area contributed by atoms with Gasteiger partial charge in [-0.2, -0.15) is 0 Å². The molecule has 0 spiro atoms. The molecule has 0 amide bonds. The van der Waals surface area contributed by atoms with Gasteiger partial charge >= 0.3 is 0 Å². The predicted molar refractivity (Wildman–Crippen MR) is 136 cm³/mol. The molecule has 0 unspecified atom stereocenters. The largest absolute Gasteiger partial charge is 0.497 e. The van der Waals surface area contributed by atoms with Crippen molar-refractivity contribution in [2.24, 2.45) is 4.99 Å². The van der Waals surface area contributed by atoms with Crippen LogP contribution in [0.25, 0.3) is 10.9 Å². The number of pyridine rings is 1. The van der Waals surface area contributed by atoms with Crippen molar-refractivity contribution in [2.75, 3.05) is 7.11 Å². The molecular formula is C27H26N4O3. The molecule has 34 heavy (non-hydrogen) atoms. The Morgan fingerprint density at radius 1 is 1.09 bits per heavy atom. The third-order valence-electron chi connectivity index (χ3n) is 5.65. The van der Waals surface area contributed by atoms with Crippen LogP contribution in [0.1, 0.15) is 16.8 Å². The van der Waals surface area contributed by atoms with Gasteiger partial charge in [0, 0.05) is 18.2 Å². The molecule has 0 fully saturated rings. The number of nitrogens with zero attached hydrogens (tertiary/aromatic N) is 3. The highest BCUT2D eigenvalue weighted by Gasteiger charge is 2.18. The van der Waals surface area contributed by atoms with E-state index < -0.39 is 0 Å². The lowest BCUT2D eigenvalue weighted by atomic mass is 10.1. The zero-order chi connectivity index (χ0) is 24.1. The van der Waals surface area contributed by atoms with Gasteiger partial charge in [0.05, 0.1) is 36.8 Å². The Morgan fingerprint density at radius 3 is 2.56 bits per heavy atom. The van der Waals surface area contributed by atoms with Crippen molar-refractivity contribution in [3.05, 3.63) is 123 Å². The van der Waals surface area contributed by atoms with E-state index in [1.807, 2.05) is 54.6 Å². The first-order valence-electron chi connectivity index (χ1n) is 10.8. The Morgan fingerprint density at radius 2 is 1.85 bits per heavy atom. The van der Waals surface area contributed by atoms with Crippen molar-refractivity contribution >= 4 is 17.6 Å². The third-order valence-corrected chi connectivity index (χ3v) is 5.65.